The number of amides is 1. The number of fused-ring (bicyclic) bond motifs is 2. The minimum absolute atomic E-state index is 0.101. The van der Waals surface area contributed by atoms with Gasteiger partial charge in [-0.1, -0.05) is 52.2 Å². The van der Waals surface area contributed by atoms with E-state index in [0.717, 1.165) is 25.7 Å². The zero-order chi connectivity index (χ0) is 17.7. The van der Waals surface area contributed by atoms with Gasteiger partial charge in [-0.2, -0.15) is 0 Å². The van der Waals surface area contributed by atoms with Crippen molar-refractivity contribution in [2.75, 3.05) is 19.8 Å². The summed E-state index contributed by atoms with van der Waals surface area (Å²) in [6.45, 7) is 12.9. The van der Waals surface area contributed by atoms with E-state index in [1.807, 2.05) is 0 Å². The Hall–Kier alpha value is -1.03. The van der Waals surface area contributed by atoms with Crippen molar-refractivity contribution >= 4 is 6.09 Å². The van der Waals surface area contributed by atoms with Crippen LogP contribution in [0.25, 0.3) is 0 Å². The molecule has 1 aliphatic heterocycles. The maximum Gasteiger partial charge on any atom is 0.407 e. The second kappa shape index (κ2) is 8.37. The number of allylic oxidation sites excluding steroid dienone is 1. The SMILES string of the molecule is CCCCNC(=O)OCC12COC(CCC)C(C(C)=CC1C)[C@@H]2C. The highest BCUT2D eigenvalue weighted by Crippen LogP contribution is 2.53. The Morgan fingerprint density at radius 3 is 2.79 bits per heavy atom. The number of ether oxygens (including phenoxy) is 2. The topological polar surface area (TPSA) is 47.6 Å². The Balaban J connectivity index is 2.06. The van der Waals surface area contributed by atoms with Crippen LogP contribution in [0.15, 0.2) is 11.6 Å². The quantitative estimate of drug-likeness (QED) is 0.548. The molecular weight excluding hydrogens is 302 g/mol. The number of nitrogens with one attached hydrogen (secondary N) is 1. The fraction of sp³-hybridized carbons (Fsp3) is 0.850. The molecule has 2 rings (SSSR count). The van der Waals surface area contributed by atoms with Gasteiger partial charge in [-0.05, 0) is 31.6 Å². The van der Waals surface area contributed by atoms with Crippen molar-refractivity contribution in [2.24, 2.45) is 23.2 Å². The third-order valence-electron chi connectivity index (χ3n) is 6.20. The molecule has 0 radical (unpaired) electrons. The van der Waals surface area contributed by atoms with Crippen molar-refractivity contribution < 1.29 is 14.3 Å². The standard InChI is InChI=1S/C20H35NO3/c1-6-8-10-21-19(22)24-13-20-12-23-17(9-7-2)18(16(20)5)14(3)11-15(20)4/h11,15-18H,6-10,12-13H2,1-5H3,(H,21,22)/t15?,16-,17?,18?,20?/m0/s1. The lowest BCUT2D eigenvalue weighted by Crippen LogP contribution is -2.57. The number of alkyl carbamates (subject to hydrolysis) is 1. The molecule has 0 aromatic heterocycles. The second-order valence-electron chi connectivity index (χ2n) is 7.74. The van der Waals surface area contributed by atoms with Gasteiger partial charge >= 0.3 is 6.09 Å². The van der Waals surface area contributed by atoms with Crippen LogP contribution >= 0.6 is 0 Å². The van der Waals surface area contributed by atoms with Crippen LogP contribution in [0.1, 0.15) is 60.3 Å². The highest BCUT2D eigenvalue weighted by molar-refractivity contribution is 5.67. The number of unbranched alkanes of at least 4 members (excludes halogenated alkanes) is 1. The molecule has 0 spiro atoms. The van der Waals surface area contributed by atoms with Gasteiger partial charge in [0.1, 0.15) is 6.61 Å². The third-order valence-corrected chi connectivity index (χ3v) is 6.20. The maximum atomic E-state index is 12.0. The van der Waals surface area contributed by atoms with Crippen LogP contribution in [0.3, 0.4) is 0 Å². The van der Waals surface area contributed by atoms with E-state index < -0.39 is 0 Å². The zero-order valence-corrected chi connectivity index (χ0v) is 16.1. The minimum Gasteiger partial charge on any atom is -0.449 e. The third kappa shape index (κ3) is 3.79. The number of hydrogen-bond acceptors (Lipinski definition) is 3. The summed E-state index contributed by atoms with van der Waals surface area (Å²) in [4.78, 5) is 12.0. The van der Waals surface area contributed by atoms with Gasteiger partial charge in [0.2, 0.25) is 0 Å². The van der Waals surface area contributed by atoms with E-state index in [4.69, 9.17) is 9.47 Å². The van der Waals surface area contributed by atoms with Gasteiger partial charge < -0.3 is 14.8 Å². The summed E-state index contributed by atoms with van der Waals surface area (Å²) in [5.74, 6) is 1.27. The molecule has 4 nitrogen and oxygen atoms in total. The summed E-state index contributed by atoms with van der Waals surface area (Å²) in [5, 5.41) is 2.84. The molecule has 138 valence electrons. The van der Waals surface area contributed by atoms with Crippen LogP contribution in [0.5, 0.6) is 0 Å². The highest BCUT2D eigenvalue weighted by atomic mass is 16.6. The number of rotatable bonds is 7. The second-order valence-corrected chi connectivity index (χ2v) is 7.74. The summed E-state index contributed by atoms with van der Waals surface area (Å²) in [6, 6.07) is 0. The number of carbonyl (C=O) groups is 1. The summed E-state index contributed by atoms with van der Waals surface area (Å²) in [7, 11) is 0. The Labute approximate surface area is 147 Å². The molecule has 0 aromatic rings. The van der Waals surface area contributed by atoms with Crippen molar-refractivity contribution in [2.45, 2.75) is 66.4 Å². The molecule has 4 heteroatoms. The van der Waals surface area contributed by atoms with Crippen LogP contribution in [-0.4, -0.2) is 32.0 Å². The largest absolute Gasteiger partial charge is 0.449 e. The van der Waals surface area contributed by atoms with E-state index in [9.17, 15) is 4.79 Å². The first-order chi connectivity index (χ1) is 11.5. The average molecular weight is 338 g/mol. The van der Waals surface area contributed by atoms with Crippen LogP contribution in [0.2, 0.25) is 0 Å². The monoisotopic (exact) mass is 337 g/mol. The molecule has 1 aliphatic carbocycles. The Kier molecular flexibility index (Phi) is 6.73. The maximum absolute atomic E-state index is 12.0. The molecule has 1 heterocycles. The molecular formula is C20H35NO3. The summed E-state index contributed by atoms with van der Waals surface area (Å²) >= 11 is 0. The van der Waals surface area contributed by atoms with Crippen molar-refractivity contribution in [1.82, 2.24) is 5.32 Å². The van der Waals surface area contributed by atoms with Crippen LogP contribution in [-0.2, 0) is 9.47 Å². The molecule has 1 fully saturated rings. The molecule has 5 atom stereocenters. The van der Waals surface area contributed by atoms with Gasteiger partial charge in [-0.15, -0.1) is 0 Å². The predicted molar refractivity (Wildman–Crippen MR) is 96.9 cm³/mol. The Morgan fingerprint density at radius 2 is 2.12 bits per heavy atom. The van der Waals surface area contributed by atoms with Crippen LogP contribution in [0.4, 0.5) is 4.79 Å². The van der Waals surface area contributed by atoms with Crippen molar-refractivity contribution in [3.05, 3.63) is 11.6 Å². The first-order valence-corrected chi connectivity index (χ1v) is 9.66. The molecule has 1 amide bonds. The summed E-state index contributed by atoms with van der Waals surface area (Å²) in [5.41, 5.74) is 1.34. The lowest BCUT2D eigenvalue weighted by atomic mass is 9.56. The van der Waals surface area contributed by atoms with Crippen LogP contribution in [0, 0.1) is 23.2 Å². The van der Waals surface area contributed by atoms with Crippen molar-refractivity contribution in [3.63, 3.8) is 0 Å². The molecule has 0 saturated carbocycles. The van der Waals surface area contributed by atoms with E-state index in [-0.39, 0.29) is 11.5 Å². The van der Waals surface area contributed by atoms with Gasteiger partial charge in [0, 0.05) is 17.9 Å². The lowest BCUT2D eigenvalue weighted by Gasteiger charge is -2.55. The number of carbonyl (C=O) groups excluding carboxylic acids is 1. The van der Waals surface area contributed by atoms with E-state index in [1.54, 1.807) is 0 Å². The Bertz CT molecular complexity index is 462. The van der Waals surface area contributed by atoms with E-state index in [0.29, 0.717) is 43.6 Å². The number of hydrogen-bond donors (Lipinski definition) is 1. The normalized spacial score (nSPS) is 35.3. The fourth-order valence-electron chi connectivity index (χ4n) is 4.55. The van der Waals surface area contributed by atoms with Crippen molar-refractivity contribution in [1.29, 1.82) is 0 Å². The summed E-state index contributed by atoms with van der Waals surface area (Å²) in [6.07, 6.45) is 6.68. The molecule has 0 aromatic carbocycles. The predicted octanol–water partition coefficient (Wildman–Crippen LogP) is 4.55. The highest BCUT2D eigenvalue weighted by Gasteiger charge is 2.53. The first-order valence-electron chi connectivity index (χ1n) is 9.66. The van der Waals surface area contributed by atoms with Crippen LogP contribution < -0.4 is 5.32 Å². The van der Waals surface area contributed by atoms with E-state index in [1.165, 1.54) is 5.57 Å². The minimum atomic E-state index is -0.296. The molecule has 2 bridgehead atoms. The molecule has 1 saturated heterocycles. The Morgan fingerprint density at radius 1 is 1.38 bits per heavy atom. The first kappa shape index (κ1) is 19.3. The fourth-order valence-corrected chi connectivity index (χ4v) is 4.55. The van der Waals surface area contributed by atoms with Gasteiger partial charge in [0.25, 0.3) is 0 Å². The van der Waals surface area contributed by atoms with E-state index in [2.05, 4.69) is 46.0 Å². The molecule has 1 N–H and O–H groups in total. The summed E-state index contributed by atoms with van der Waals surface area (Å²) < 4.78 is 11.9. The van der Waals surface area contributed by atoms with Gasteiger partial charge in [-0.3, -0.25) is 0 Å². The molecule has 2 aliphatic rings. The zero-order valence-electron chi connectivity index (χ0n) is 16.1. The van der Waals surface area contributed by atoms with Gasteiger partial charge in [0.15, 0.2) is 0 Å². The van der Waals surface area contributed by atoms with Crippen molar-refractivity contribution in [3.8, 4) is 0 Å². The van der Waals surface area contributed by atoms with E-state index >= 15 is 0 Å². The lowest BCUT2D eigenvalue weighted by molar-refractivity contribution is -0.164. The molecule has 4 unspecified atom stereocenters. The average Bonchev–Trinajstić information content (AvgIpc) is 2.53. The molecule has 24 heavy (non-hydrogen) atoms. The van der Waals surface area contributed by atoms with Gasteiger partial charge in [-0.25, -0.2) is 4.79 Å². The van der Waals surface area contributed by atoms with Gasteiger partial charge in [0.05, 0.1) is 12.7 Å². The smallest absolute Gasteiger partial charge is 0.407 e.